The summed E-state index contributed by atoms with van der Waals surface area (Å²) in [7, 11) is 0. The average molecular weight is 805 g/mol. The fourth-order valence-electron chi connectivity index (χ4n) is 9.82. The second-order valence-corrected chi connectivity index (χ2v) is 16.0. The molecule has 0 spiro atoms. The van der Waals surface area contributed by atoms with E-state index in [1.165, 1.54) is 32.3 Å². The van der Waals surface area contributed by atoms with E-state index in [2.05, 4.69) is 201 Å². The predicted octanol–water partition coefficient (Wildman–Crippen LogP) is 14.2. The minimum absolute atomic E-state index is 0.648. The summed E-state index contributed by atoms with van der Waals surface area (Å²) in [5.41, 5.74) is 14.3. The number of rotatable bonds is 6. The van der Waals surface area contributed by atoms with Gasteiger partial charge in [-0.15, -0.1) is 0 Å². The van der Waals surface area contributed by atoms with Crippen molar-refractivity contribution in [2.45, 2.75) is 0 Å². The topological polar surface area (TPSA) is 53.5 Å². The number of hydrogen-bond donors (Lipinski definition) is 0. The minimum Gasteiger partial charge on any atom is -0.307 e. The summed E-state index contributed by atoms with van der Waals surface area (Å²) >= 11 is 0. The van der Waals surface area contributed by atoms with Crippen LogP contribution >= 0.6 is 0 Å². The van der Waals surface area contributed by atoms with Gasteiger partial charge < -0.3 is 13.7 Å². The highest BCUT2D eigenvalue weighted by atomic mass is 15.1. The Hall–Kier alpha value is -8.61. The molecule has 63 heavy (non-hydrogen) atoms. The first-order chi connectivity index (χ1) is 31.3. The van der Waals surface area contributed by atoms with Crippen LogP contribution in [0.1, 0.15) is 0 Å². The molecule has 0 amide bonds. The maximum absolute atomic E-state index is 5.43. The second-order valence-electron chi connectivity index (χ2n) is 16.0. The summed E-state index contributed by atoms with van der Waals surface area (Å²) in [6.45, 7) is 0. The van der Waals surface area contributed by atoms with Gasteiger partial charge in [-0.3, -0.25) is 4.98 Å². The zero-order valence-corrected chi connectivity index (χ0v) is 34.0. The van der Waals surface area contributed by atoms with Crippen molar-refractivity contribution >= 4 is 65.4 Å². The van der Waals surface area contributed by atoms with E-state index in [9.17, 15) is 0 Å². The Morgan fingerprint density at radius 2 is 0.667 bits per heavy atom. The first-order valence-corrected chi connectivity index (χ1v) is 21.3. The van der Waals surface area contributed by atoms with Crippen molar-refractivity contribution in [1.82, 2.24) is 28.7 Å². The summed E-state index contributed by atoms with van der Waals surface area (Å²) < 4.78 is 7.42. The van der Waals surface area contributed by atoms with Crippen LogP contribution in [0.3, 0.4) is 0 Å². The number of para-hydroxylation sites is 6. The Kier molecular flexibility index (Phi) is 7.80. The molecule has 0 aliphatic heterocycles. The van der Waals surface area contributed by atoms with Gasteiger partial charge in [-0.2, -0.15) is 0 Å². The maximum Gasteiger partial charge on any atom is 0.160 e. The lowest BCUT2D eigenvalue weighted by atomic mass is 10.0. The monoisotopic (exact) mass is 804 g/mol. The van der Waals surface area contributed by atoms with E-state index in [1.54, 1.807) is 6.20 Å². The molecule has 0 aliphatic carbocycles. The number of hydrogen-bond acceptors (Lipinski definition) is 3. The molecule has 0 N–H and O–H groups in total. The van der Waals surface area contributed by atoms with Gasteiger partial charge in [-0.1, -0.05) is 140 Å². The van der Waals surface area contributed by atoms with Gasteiger partial charge in [0.05, 0.1) is 61.6 Å². The van der Waals surface area contributed by atoms with Crippen LogP contribution < -0.4 is 0 Å². The second kappa shape index (κ2) is 14.0. The zero-order valence-electron chi connectivity index (χ0n) is 34.0. The molecule has 6 heteroatoms. The number of aromatic nitrogens is 6. The molecule has 0 unspecified atom stereocenters. The van der Waals surface area contributed by atoms with E-state index in [4.69, 9.17) is 9.97 Å². The van der Waals surface area contributed by atoms with Crippen molar-refractivity contribution in [1.29, 1.82) is 0 Å². The van der Waals surface area contributed by atoms with E-state index >= 15 is 0 Å². The largest absolute Gasteiger partial charge is 0.307 e. The molecule has 13 aromatic rings. The van der Waals surface area contributed by atoms with Crippen molar-refractivity contribution < 1.29 is 0 Å². The standard InChI is InChI=1S/C57H36N6/c1-2-17-37(18-3-1)57-59-46(38-19-16-32-58-36-38)35-47(60-57)39-33-54(61-48-26-10-4-20-40(48)41-21-5-11-27-49(41)61)56(63-52-30-14-8-24-44(52)45-25-9-15-31-53(45)63)55(34-39)62-50-28-12-6-22-42(50)43-23-7-13-29-51(43)62/h1-36H. The highest BCUT2D eigenvalue weighted by Crippen LogP contribution is 2.45. The van der Waals surface area contributed by atoms with E-state index in [0.717, 1.165) is 78.2 Å². The van der Waals surface area contributed by atoms with Crippen molar-refractivity contribution in [3.05, 3.63) is 219 Å². The fourth-order valence-corrected chi connectivity index (χ4v) is 9.82. The van der Waals surface area contributed by atoms with Gasteiger partial charge in [-0.25, -0.2) is 9.97 Å². The molecule has 0 fully saturated rings. The molecular formula is C57H36N6. The molecule has 0 bridgehead atoms. The fraction of sp³-hybridized carbons (Fsp3) is 0. The van der Waals surface area contributed by atoms with Crippen LogP contribution in [-0.2, 0) is 0 Å². The molecule has 0 atom stereocenters. The lowest BCUT2D eigenvalue weighted by Gasteiger charge is -2.23. The lowest BCUT2D eigenvalue weighted by molar-refractivity contribution is 1.05. The third kappa shape index (κ3) is 5.41. The highest BCUT2D eigenvalue weighted by molar-refractivity contribution is 6.14. The Morgan fingerprint density at radius 1 is 0.302 bits per heavy atom. The number of nitrogens with zero attached hydrogens (tertiary/aromatic N) is 6. The number of pyridine rings is 1. The van der Waals surface area contributed by atoms with Gasteiger partial charge in [0, 0.05) is 61.4 Å². The van der Waals surface area contributed by atoms with Crippen LogP contribution in [0.4, 0.5) is 0 Å². The smallest absolute Gasteiger partial charge is 0.160 e. The normalized spacial score (nSPS) is 11.8. The minimum atomic E-state index is 0.648. The quantitative estimate of drug-likeness (QED) is 0.168. The Morgan fingerprint density at radius 3 is 1.08 bits per heavy atom. The molecule has 13 rings (SSSR count). The Bertz CT molecular complexity index is 3560. The number of fused-ring (bicyclic) bond motifs is 9. The van der Waals surface area contributed by atoms with Crippen LogP contribution in [-0.4, -0.2) is 28.7 Å². The summed E-state index contributed by atoms with van der Waals surface area (Å²) in [6, 6.07) is 73.7. The molecule has 0 saturated carbocycles. The molecule has 8 aromatic carbocycles. The Labute approximate surface area is 362 Å². The van der Waals surface area contributed by atoms with Crippen LogP contribution in [0, 0.1) is 0 Å². The lowest BCUT2D eigenvalue weighted by Crippen LogP contribution is -2.10. The van der Waals surface area contributed by atoms with Gasteiger partial charge in [0.1, 0.15) is 0 Å². The van der Waals surface area contributed by atoms with Crippen LogP contribution in [0.25, 0.3) is 116 Å². The van der Waals surface area contributed by atoms with Crippen LogP contribution in [0.15, 0.2) is 219 Å². The van der Waals surface area contributed by atoms with Crippen molar-refractivity contribution in [3.63, 3.8) is 0 Å². The molecule has 294 valence electrons. The number of benzene rings is 8. The first kappa shape index (κ1) is 35.2. The van der Waals surface area contributed by atoms with Crippen LogP contribution in [0.5, 0.6) is 0 Å². The average Bonchev–Trinajstić information content (AvgIpc) is 4.00. The third-order valence-electron chi connectivity index (χ3n) is 12.5. The van der Waals surface area contributed by atoms with Crippen molar-refractivity contribution in [2.24, 2.45) is 0 Å². The SMILES string of the molecule is c1ccc(-c2nc(-c3cccnc3)cc(-c3cc(-n4c5ccccc5c5ccccc54)c(-n4c5ccccc5c5ccccc54)c(-n4c5ccccc5c5ccccc54)c3)n2)cc1. The maximum atomic E-state index is 5.43. The van der Waals surface area contributed by atoms with Gasteiger partial charge in [-0.05, 0) is 66.7 Å². The summed E-state index contributed by atoms with van der Waals surface area (Å²) in [5.74, 6) is 0.648. The van der Waals surface area contributed by atoms with E-state index in [0.29, 0.717) is 5.82 Å². The first-order valence-electron chi connectivity index (χ1n) is 21.3. The third-order valence-corrected chi connectivity index (χ3v) is 12.5. The molecule has 0 saturated heterocycles. The zero-order chi connectivity index (χ0) is 41.4. The van der Waals surface area contributed by atoms with E-state index in [-0.39, 0.29) is 0 Å². The van der Waals surface area contributed by atoms with Gasteiger partial charge in [0.2, 0.25) is 0 Å². The molecule has 5 heterocycles. The van der Waals surface area contributed by atoms with Gasteiger partial charge >= 0.3 is 0 Å². The summed E-state index contributed by atoms with van der Waals surface area (Å²) in [6.07, 6.45) is 3.67. The molecule has 0 radical (unpaired) electrons. The molecule has 5 aromatic heterocycles. The van der Waals surface area contributed by atoms with Gasteiger partial charge in [0.15, 0.2) is 5.82 Å². The molecule has 0 aliphatic rings. The Balaban J connectivity index is 1.26. The molecular weight excluding hydrogens is 769 g/mol. The van der Waals surface area contributed by atoms with E-state index in [1.807, 2.05) is 30.5 Å². The van der Waals surface area contributed by atoms with Gasteiger partial charge in [0.25, 0.3) is 0 Å². The predicted molar refractivity (Wildman–Crippen MR) is 259 cm³/mol. The van der Waals surface area contributed by atoms with E-state index < -0.39 is 0 Å². The molecule has 6 nitrogen and oxygen atoms in total. The highest BCUT2D eigenvalue weighted by Gasteiger charge is 2.26. The summed E-state index contributed by atoms with van der Waals surface area (Å²) in [5, 5.41) is 7.16. The summed E-state index contributed by atoms with van der Waals surface area (Å²) in [4.78, 5) is 15.1. The van der Waals surface area contributed by atoms with Crippen LogP contribution in [0.2, 0.25) is 0 Å². The van der Waals surface area contributed by atoms with Crippen molar-refractivity contribution in [3.8, 4) is 51.0 Å². The van der Waals surface area contributed by atoms with Crippen molar-refractivity contribution in [2.75, 3.05) is 0 Å².